The van der Waals surface area contributed by atoms with Gasteiger partial charge in [0.1, 0.15) is 5.82 Å². The van der Waals surface area contributed by atoms with Crippen LogP contribution in [-0.2, 0) is 36.2 Å². The zero-order chi connectivity index (χ0) is 17.2. The van der Waals surface area contributed by atoms with Gasteiger partial charge in [-0.15, -0.1) is 0 Å². The zero-order valence-electron chi connectivity index (χ0n) is 14.1. The van der Waals surface area contributed by atoms with E-state index < -0.39 is 10.0 Å². The van der Waals surface area contributed by atoms with E-state index in [-0.39, 0.29) is 5.75 Å². The first kappa shape index (κ1) is 17.1. The molecule has 0 aliphatic carbocycles. The number of hydrogen-bond acceptors (Lipinski definition) is 5. The Hall–Kier alpha value is -1.77. The molecule has 130 valence electrons. The Morgan fingerprint density at radius 1 is 1.29 bits per heavy atom. The Morgan fingerprint density at radius 2 is 2.12 bits per heavy atom. The van der Waals surface area contributed by atoms with Gasteiger partial charge < -0.3 is 4.57 Å². The molecule has 3 rings (SSSR count). The molecule has 0 amide bonds. The van der Waals surface area contributed by atoms with Crippen LogP contribution in [0.1, 0.15) is 24.0 Å². The first-order chi connectivity index (χ1) is 11.5. The molecule has 2 aromatic heterocycles. The number of hydrogen-bond donors (Lipinski definition) is 0. The summed E-state index contributed by atoms with van der Waals surface area (Å²) in [6, 6.07) is 3.98. The monoisotopic (exact) mass is 349 g/mol. The van der Waals surface area contributed by atoms with Crippen LogP contribution in [0.15, 0.2) is 30.7 Å². The lowest BCUT2D eigenvalue weighted by Crippen LogP contribution is -2.39. The van der Waals surface area contributed by atoms with Crippen LogP contribution in [0.3, 0.4) is 0 Å². The Balaban J connectivity index is 1.65. The maximum absolute atomic E-state index is 12.0. The van der Waals surface area contributed by atoms with E-state index >= 15 is 0 Å². The minimum absolute atomic E-state index is 0.133. The first-order valence-electron chi connectivity index (χ1n) is 8.08. The molecule has 24 heavy (non-hydrogen) atoms. The van der Waals surface area contributed by atoms with Gasteiger partial charge in [-0.05, 0) is 25.6 Å². The second kappa shape index (κ2) is 7.00. The molecule has 0 N–H and O–H groups in total. The van der Waals surface area contributed by atoms with Gasteiger partial charge in [-0.1, -0.05) is 6.07 Å². The maximum atomic E-state index is 12.0. The van der Waals surface area contributed by atoms with Gasteiger partial charge in [0.2, 0.25) is 10.0 Å². The Morgan fingerprint density at radius 3 is 2.83 bits per heavy atom. The van der Waals surface area contributed by atoms with Crippen LogP contribution in [0.25, 0.3) is 0 Å². The second-order valence-corrected chi connectivity index (χ2v) is 8.37. The van der Waals surface area contributed by atoms with Gasteiger partial charge >= 0.3 is 0 Å². The van der Waals surface area contributed by atoms with Gasteiger partial charge in [-0.2, -0.15) is 4.31 Å². The van der Waals surface area contributed by atoms with Gasteiger partial charge in [0.25, 0.3) is 0 Å². The lowest BCUT2D eigenvalue weighted by molar-refractivity contribution is 0.315. The summed E-state index contributed by atoms with van der Waals surface area (Å²) < 4.78 is 27.6. The molecule has 3 heterocycles. The summed E-state index contributed by atoms with van der Waals surface area (Å²) in [4.78, 5) is 10.9. The van der Waals surface area contributed by atoms with E-state index in [9.17, 15) is 8.42 Å². The molecule has 0 fully saturated rings. The fraction of sp³-hybridized carbons (Fsp3) is 0.500. The number of sulfonamides is 1. The number of rotatable bonds is 6. The standard InChI is InChI=1S/C16H23N5O2S/c1-3-24(22,23)21-8-7-20-12-15(18-16(20)13-21)11-19(2)10-14-5-4-6-17-9-14/h4-6,9,12H,3,7-8,10-11,13H2,1-2H3. The quantitative estimate of drug-likeness (QED) is 0.780. The highest BCUT2D eigenvalue weighted by Gasteiger charge is 2.26. The predicted molar refractivity (Wildman–Crippen MR) is 91.5 cm³/mol. The van der Waals surface area contributed by atoms with Crippen molar-refractivity contribution in [1.82, 2.24) is 23.7 Å². The van der Waals surface area contributed by atoms with Crippen LogP contribution in [0.2, 0.25) is 0 Å². The number of aromatic nitrogens is 3. The van der Waals surface area contributed by atoms with Gasteiger partial charge in [0.15, 0.2) is 0 Å². The normalized spacial score (nSPS) is 15.6. The average molecular weight is 349 g/mol. The highest BCUT2D eigenvalue weighted by molar-refractivity contribution is 7.89. The lowest BCUT2D eigenvalue weighted by atomic mass is 10.2. The Labute approximate surface area is 143 Å². The van der Waals surface area contributed by atoms with Gasteiger partial charge in [0, 0.05) is 44.8 Å². The van der Waals surface area contributed by atoms with Crippen molar-refractivity contribution in [2.24, 2.45) is 0 Å². The number of imidazole rings is 1. The lowest BCUT2D eigenvalue weighted by Gasteiger charge is -2.26. The SMILES string of the molecule is CCS(=O)(=O)N1CCn2cc(CN(C)Cc3cccnc3)nc2C1. The molecule has 2 aromatic rings. The predicted octanol–water partition coefficient (Wildman–Crippen LogP) is 1.08. The molecule has 1 aliphatic rings. The Bertz CT molecular complexity index is 788. The number of nitrogens with zero attached hydrogens (tertiary/aromatic N) is 5. The molecule has 8 heteroatoms. The van der Waals surface area contributed by atoms with E-state index in [1.807, 2.05) is 25.5 Å². The summed E-state index contributed by atoms with van der Waals surface area (Å²) >= 11 is 0. The third kappa shape index (κ3) is 3.82. The van der Waals surface area contributed by atoms with Crippen molar-refractivity contribution in [3.05, 3.63) is 47.8 Å². The maximum Gasteiger partial charge on any atom is 0.214 e. The largest absolute Gasteiger partial charge is 0.332 e. The third-order valence-corrected chi connectivity index (χ3v) is 6.01. The summed E-state index contributed by atoms with van der Waals surface area (Å²) in [7, 11) is -1.11. The number of fused-ring (bicyclic) bond motifs is 1. The highest BCUT2D eigenvalue weighted by Crippen LogP contribution is 2.17. The van der Waals surface area contributed by atoms with Gasteiger partial charge in [0.05, 0.1) is 18.0 Å². The van der Waals surface area contributed by atoms with E-state index in [0.29, 0.717) is 19.6 Å². The third-order valence-electron chi connectivity index (χ3n) is 4.18. The van der Waals surface area contributed by atoms with Crippen molar-refractivity contribution >= 4 is 10.0 Å². The van der Waals surface area contributed by atoms with Crippen LogP contribution in [0.4, 0.5) is 0 Å². The van der Waals surface area contributed by atoms with Crippen LogP contribution in [-0.4, -0.2) is 51.5 Å². The average Bonchev–Trinajstić information content (AvgIpc) is 2.96. The van der Waals surface area contributed by atoms with Gasteiger partial charge in [-0.25, -0.2) is 13.4 Å². The van der Waals surface area contributed by atoms with Crippen molar-refractivity contribution in [3.8, 4) is 0 Å². The van der Waals surface area contributed by atoms with E-state index in [1.165, 1.54) is 4.31 Å². The van der Waals surface area contributed by atoms with Crippen molar-refractivity contribution < 1.29 is 8.42 Å². The van der Waals surface area contributed by atoms with E-state index in [0.717, 1.165) is 30.2 Å². The van der Waals surface area contributed by atoms with E-state index in [2.05, 4.69) is 25.5 Å². The van der Waals surface area contributed by atoms with Crippen LogP contribution >= 0.6 is 0 Å². The first-order valence-corrected chi connectivity index (χ1v) is 9.69. The van der Waals surface area contributed by atoms with E-state index in [4.69, 9.17) is 0 Å². The topological polar surface area (TPSA) is 71.3 Å². The molecule has 0 saturated heterocycles. The number of pyridine rings is 1. The molecule has 0 radical (unpaired) electrons. The highest BCUT2D eigenvalue weighted by atomic mass is 32.2. The molecule has 0 atom stereocenters. The summed E-state index contributed by atoms with van der Waals surface area (Å²) in [5, 5.41) is 0. The van der Waals surface area contributed by atoms with Crippen molar-refractivity contribution in [2.45, 2.75) is 33.1 Å². The summed E-state index contributed by atoms with van der Waals surface area (Å²) in [6.45, 7) is 4.73. The fourth-order valence-corrected chi connectivity index (χ4v) is 3.96. The minimum Gasteiger partial charge on any atom is -0.332 e. The second-order valence-electron chi connectivity index (χ2n) is 6.11. The molecular formula is C16H23N5O2S. The molecule has 0 spiro atoms. The summed E-state index contributed by atoms with van der Waals surface area (Å²) in [6.07, 6.45) is 5.66. The smallest absolute Gasteiger partial charge is 0.214 e. The summed E-state index contributed by atoms with van der Waals surface area (Å²) in [5.41, 5.74) is 2.12. The molecule has 0 saturated carbocycles. The molecule has 1 aliphatic heterocycles. The summed E-state index contributed by atoms with van der Waals surface area (Å²) in [5.74, 6) is 0.956. The fourth-order valence-electron chi connectivity index (χ4n) is 2.92. The van der Waals surface area contributed by atoms with Crippen LogP contribution in [0, 0.1) is 0 Å². The van der Waals surface area contributed by atoms with Gasteiger partial charge in [-0.3, -0.25) is 9.88 Å². The molecule has 0 aromatic carbocycles. The zero-order valence-corrected chi connectivity index (χ0v) is 14.9. The molecule has 0 unspecified atom stereocenters. The van der Waals surface area contributed by atoms with Crippen LogP contribution < -0.4 is 0 Å². The minimum atomic E-state index is -3.16. The van der Waals surface area contributed by atoms with Crippen LogP contribution in [0.5, 0.6) is 0 Å². The Kier molecular flexibility index (Phi) is 4.98. The molecular weight excluding hydrogens is 326 g/mol. The van der Waals surface area contributed by atoms with Crippen molar-refractivity contribution in [2.75, 3.05) is 19.3 Å². The van der Waals surface area contributed by atoms with Crippen molar-refractivity contribution in [1.29, 1.82) is 0 Å². The van der Waals surface area contributed by atoms with E-state index in [1.54, 1.807) is 13.1 Å². The molecule has 7 nitrogen and oxygen atoms in total. The van der Waals surface area contributed by atoms with Crippen molar-refractivity contribution in [3.63, 3.8) is 0 Å². The molecule has 0 bridgehead atoms.